The van der Waals surface area contributed by atoms with Crippen LogP contribution in [0.1, 0.15) is 37.4 Å². The molecule has 14 heteroatoms. The van der Waals surface area contributed by atoms with Crippen molar-refractivity contribution in [3.63, 3.8) is 0 Å². The number of ether oxygens (including phenoxy) is 1. The smallest absolute Gasteiger partial charge is 0.329 e. The summed E-state index contributed by atoms with van der Waals surface area (Å²) < 4.78 is 69.6. The highest BCUT2D eigenvalue weighted by Crippen LogP contribution is 2.38. The normalized spacial score (nSPS) is 20.0. The number of rotatable bonds is 8. The summed E-state index contributed by atoms with van der Waals surface area (Å²) in [7, 11) is -0.947. The molecule has 0 spiro atoms. The summed E-state index contributed by atoms with van der Waals surface area (Å²) in [5, 5.41) is 0.641. The molecule has 1 saturated carbocycles. The predicted octanol–water partition coefficient (Wildman–Crippen LogP) is 3.56. The lowest BCUT2D eigenvalue weighted by atomic mass is 10.0. The zero-order valence-electron chi connectivity index (χ0n) is 24.5. The number of benzene rings is 1. The Labute approximate surface area is 243 Å². The minimum atomic E-state index is -4.28. The summed E-state index contributed by atoms with van der Waals surface area (Å²) >= 11 is 0. The fourth-order valence-corrected chi connectivity index (χ4v) is 6.39. The number of fused-ring (bicyclic) bond motifs is 2. The standard InChI is InChI=1S/C28H33F2N7O4S/c1-34-24-20(11-18(13-22(24)41-2)27(38)35-10-4-5-19(31)15-35)32-26(34)21-12-17-8-9-23(37(28(29)30)42(3,39)40)33-25(17)36(21)14-16-6-7-16/h8-9,11-13,16,19,28H,4-7,10,14-15,31H2,1-3H3/i19D. The Kier molecular flexibility index (Phi) is 6.76. The number of likely N-dealkylation sites (tertiary alicyclic amines) is 1. The topological polar surface area (TPSA) is 129 Å². The third-order valence-electron chi connectivity index (χ3n) is 7.86. The highest BCUT2D eigenvalue weighted by atomic mass is 32.2. The molecule has 0 radical (unpaired) electrons. The summed E-state index contributed by atoms with van der Waals surface area (Å²) in [6.07, 6.45) is 3.88. The largest absolute Gasteiger partial charge is 0.494 e. The van der Waals surface area contributed by atoms with Crippen LogP contribution in [0.2, 0.25) is 0 Å². The Bertz CT molecular complexity index is 1850. The number of amides is 1. The molecule has 42 heavy (non-hydrogen) atoms. The van der Waals surface area contributed by atoms with Crippen LogP contribution in [0, 0.1) is 5.92 Å². The molecule has 2 aliphatic rings. The van der Waals surface area contributed by atoms with Crippen molar-refractivity contribution >= 4 is 43.8 Å². The SMILES string of the molecule is [2H]C1(N)CCCN(C(=O)c2cc(OC)c3c(c2)nc(-c2cc4ccc(N(C(F)F)S(C)(=O)=O)nc4n2CC2CC2)n3C)C1. The van der Waals surface area contributed by atoms with E-state index < -0.39 is 22.6 Å². The van der Waals surface area contributed by atoms with Crippen LogP contribution < -0.4 is 14.8 Å². The van der Waals surface area contributed by atoms with Gasteiger partial charge in [0.25, 0.3) is 5.91 Å². The molecular formula is C28H33F2N7O4S. The first-order valence-corrected chi connectivity index (χ1v) is 15.5. The van der Waals surface area contributed by atoms with Gasteiger partial charge in [-0.3, -0.25) is 4.79 Å². The molecule has 4 heterocycles. The number of hydrogen-bond donors (Lipinski definition) is 1. The first-order valence-electron chi connectivity index (χ1n) is 14.2. The second-order valence-corrected chi connectivity index (χ2v) is 12.9. The molecule has 6 rings (SSSR count). The second kappa shape index (κ2) is 10.5. The van der Waals surface area contributed by atoms with E-state index in [-0.39, 0.29) is 22.6 Å². The summed E-state index contributed by atoms with van der Waals surface area (Å²) in [6, 6.07) is 6.85. The number of aryl methyl sites for hydroxylation is 1. The van der Waals surface area contributed by atoms with Crippen molar-refractivity contribution in [2.75, 3.05) is 30.8 Å². The molecule has 2 fully saturated rings. The number of aromatic nitrogens is 4. The number of methoxy groups -OCH3 is 1. The molecule has 1 aliphatic heterocycles. The third kappa shape index (κ3) is 5.06. The third-order valence-corrected chi connectivity index (χ3v) is 8.93. The molecule has 1 aromatic carbocycles. The highest BCUT2D eigenvalue weighted by Gasteiger charge is 2.31. The van der Waals surface area contributed by atoms with Gasteiger partial charge in [-0.15, -0.1) is 0 Å². The predicted molar refractivity (Wildman–Crippen MR) is 155 cm³/mol. The number of alkyl halides is 2. The van der Waals surface area contributed by atoms with Crippen molar-refractivity contribution < 1.29 is 28.1 Å². The average molecular weight is 603 g/mol. The van der Waals surface area contributed by atoms with E-state index in [2.05, 4.69) is 4.98 Å². The molecule has 2 N–H and O–H groups in total. The van der Waals surface area contributed by atoms with Gasteiger partial charge in [-0.2, -0.15) is 13.1 Å². The molecule has 4 aromatic rings. The number of sulfonamides is 1. The number of nitrogens with two attached hydrogens (primary N) is 1. The van der Waals surface area contributed by atoms with Gasteiger partial charge in [0.2, 0.25) is 10.0 Å². The number of piperidine rings is 1. The van der Waals surface area contributed by atoms with Crippen LogP contribution in [-0.2, 0) is 23.6 Å². The van der Waals surface area contributed by atoms with Crippen molar-refractivity contribution in [1.82, 2.24) is 24.0 Å². The molecule has 1 unspecified atom stereocenters. The molecule has 1 amide bonds. The summed E-state index contributed by atoms with van der Waals surface area (Å²) in [5.74, 6) is 0.717. The minimum Gasteiger partial charge on any atom is -0.494 e. The van der Waals surface area contributed by atoms with E-state index in [4.69, 9.17) is 16.8 Å². The van der Waals surface area contributed by atoms with Crippen molar-refractivity contribution in [1.29, 1.82) is 0 Å². The van der Waals surface area contributed by atoms with Gasteiger partial charge in [0, 0.05) is 45.0 Å². The van der Waals surface area contributed by atoms with Crippen molar-refractivity contribution in [2.24, 2.45) is 18.7 Å². The number of carbonyl (C=O) groups is 1. The van der Waals surface area contributed by atoms with Crippen LogP contribution >= 0.6 is 0 Å². The lowest BCUT2D eigenvalue weighted by Crippen LogP contribution is -2.45. The van der Waals surface area contributed by atoms with Crippen LogP contribution in [-0.4, -0.2) is 77.3 Å². The fourth-order valence-electron chi connectivity index (χ4n) is 5.66. The summed E-state index contributed by atoms with van der Waals surface area (Å²) in [6.45, 7) is -2.11. The van der Waals surface area contributed by atoms with Gasteiger partial charge in [-0.25, -0.2) is 18.4 Å². The molecular weight excluding hydrogens is 568 g/mol. The molecule has 1 atom stereocenters. The van der Waals surface area contributed by atoms with E-state index in [1.54, 1.807) is 23.1 Å². The van der Waals surface area contributed by atoms with Gasteiger partial charge in [-0.1, -0.05) is 0 Å². The Hall–Kier alpha value is -3.78. The first-order chi connectivity index (χ1) is 20.3. The van der Waals surface area contributed by atoms with Crippen molar-refractivity contribution in [2.45, 2.75) is 44.8 Å². The molecule has 3 aromatic heterocycles. The fraction of sp³-hybridized carbons (Fsp3) is 0.464. The maximum absolute atomic E-state index is 13.8. The highest BCUT2D eigenvalue weighted by molar-refractivity contribution is 7.92. The van der Waals surface area contributed by atoms with Gasteiger partial charge in [0.05, 0.1) is 24.6 Å². The Balaban J connectivity index is 1.48. The summed E-state index contributed by atoms with van der Waals surface area (Å²) in [4.78, 5) is 24.3. The lowest BCUT2D eigenvalue weighted by Gasteiger charge is -2.30. The van der Waals surface area contributed by atoms with Crippen LogP contribution in [0.4, 0.5) is 14.6 Å². The van der Waals surface area contributed by atoms with Crippen LogP contribution in [0.25, 0.3) is 33.6 Å². The summed E-state index contributed by atoms with van der Waals surface area (Å²) in [5.41, 5.74) is 8.59. The zero-order valence-corrected chi connectivity index (χ0v) is 24.4. The average Bonchev–Trinajstić information content (AvgIpc) is 3.60. The van der Waals surface area contributed by atoms with E-state index in [1.807, 2.05) is 22.2 Å². The number of halogens is 2. The minimum absolute atomic E-state index is 0.0107. The molecule has 224 valence electrons. The van der Waals surface area contributed by atoms with E-state index in [0.717, 1.165) is 19.1 Å². The van der Waals surface area contributed by atoms with Crippen LogP contribution in [0.15, 0.2) is 30.3 Å². The maximum atomic E-state index is 13.8. The van der Waals surface area contributed by atoms with E-state index in [0.29, 0.717) is 76.7 Å². The first kappa shape index (κ1) is 27.1. The number of anilines is 1. The second-order valence-electron chi connectivity index (χ2n) is 11.0. The molecule has 1 saturated heterocycles. The van der Waals surface area contributed by atoms with E-state index in [9.17, 15) is 22.0 Å². The quantitative estimate of drug-likeness (QED) is 0.306. The number of pyridine rings is 1. The monoisotopic (exact) mass is 602 g/mol. The number of imidazole rings is 1. The zero-order chi connectivity index (χ0) is 30.8. The number of hydrogen-bond acceptors (Lipinski definition) is 7. The van der Waals surface area contributed by atoms with Crippen molar-refractivity contribution in [3.8, 4) is 17.3 Å². The maximum Gasteiger partial charge on any atom is 0.329 e. The van der Waals surface area contributed by atoms with Crippen LogP contribution in [0.5, 0.6) is 5.75 Å². The molecule has 1 aliphatic carbocycles. The lowest BCUT2D eigenvalue weighted by molar-refractivity contribution is 0.0708. The van der Waals surface area contributed by atoms with Gasteiger partial charge < -0.3 is 24.5 Å². The van der Waals surface area contributed by atoms with Gasteiger partial charge in [-0.05, 0) is 61.9 Å². The van der Waals surface area contributed by atoms with Gasteiger partial charge in [0.1, 0.15) is 22.7 Å². The Morgan fingerprint density at radius 1 is 1.24 bits per heavy atom. The number of carbonyl (C=O) groups excluding carboxylic acids is 1. The van der Waals surface area contributed by atoms with E-state index in [1.165, 1.54) is 13.2 Å². The van der Waals surface area contributed by atoms with E-state index >= 15 is 0 Å². The van der Waals surface area contributed by atoms with Crippen molar-refractivity contribution in [3.05, 3.63) is 35.9 Å². The molecule has 0 bridgehead atoms. The van der Waals surface area contributed by atoms with Crippen LogP contribution in [0.3, 0.4) is 0 Å². The number of nitrogens with zero attached hydrogens (tertiary/aromatic N) is 6. The van der Waals surface area contributed by atoms with Gasteiger partial charge >= 0.3 is 6.55 Å². The Morgan fingerprint density at radius 3 is 2.64 bits per heavy atom. The Morgan fingerprint density at radius 2 is 2.00 bits per heavy atom. The van der Waals surface area contributed by atoms with Gasteiger partial charge in [0.15, 0.2) is 5.82 Å². The molecule has 11 nitrogen and oxygen atoms in total.